The number of anilines is 2. The van der Waals surface area contributed by atoms with E-state index >= 15 is 0 Å². The van der Waals surface area contributed by atoms with E-state index in [9.17, 15) is 0 Å². The van der Waals surface area contributed by atoms with Gasteiger partial charge in [0.1, 0.15) is 5.82 Å². The molecule has 17 heavy (non-hydrogen) atoms. The molecule has 1 unspecified atom stereocenters. The highest BCUT2D eigenvalue weighted by atomic mass is 32.1. The first-order chi connectivity index (χ1) is 8.24. The van der Waals surface area contributed by atoms with Gasteiger partial charge in [-0.2, -0.15) is 15.0 Å². The van der Waals surface area contributed by atoms with Crippen LogP contribution in [-0.4, -0.2) is 15.0 Å². The van der Waals surface area contributed by atoms with Gasteiger partial charge in [0.15, 0.2) is 0 Å². The minimum Gasteiger partial charge on any atom is -0.368 e. The molecule has 4 N–H and O–H groups in total. The summed E-state index contributed by atoms with van der Waals surface area (Å²) in [4.78, 5) is 13.7. The van der Waals surface area contributed by atoms with Crippen molar-refractivity contribution >= 4 is 23.2 Å². The van der Waals surface area contributed by atoms with E-state index in [4.69, 9.17) is 11.5 Å². The zero-order valence-electron chi connectivity index (χ0n) is 9.26. The van der Waals surface area contributed by atoms with E-state index in [0.29, 0.717) is 5.82 Å². The summed E-state index contributed by atoms with van der Waals surface area (Å²) in [5.74, 6) is 1.33. The first-order valence-electron chi connectivity index (χ1n) is 5.57. The fraction of sp³-hybridized carbons (Fsp3) is 0.364. The lowest BCUT2D eigenvalue weighted by molar-refractivity contribution is 0.597. The molecule has 2 aromatic heterocycles. The van der Waals surface area contributed by atoms with E-state index < -0.39 is 0 Å². The molecule has 6 heteroatoms. The van der Waals surface area contributed by atoms with Gasteiger partial charge in [0.05, 0.1) is 0 Å². The fourth-order valence-electron chi connectivity index (χ4n) is 2.34. The maximum Gasteiger partial charge on any atom is 0.225 e. The zero-order chi connectivity index (χ0) is 11.8. The molecule has 5 nitrogen and oxygen atoms in total. The highest BCUT2D eigenvalue weighted by Gasteiger charge is 2.25. The van der Waals surface area contributed by atoms with Gasteiger partial charge in [-0.1, -0.05) is 0 Å². The predicted octanol–water partition coefficient (Wildman–Crippen LogP) is 1.57. The number of nitrogen functional groups attached to an aromatic ring is 2. The average Bonchev–Trinajstić information content (AvgIpc) is 2.75. The van der Waals surface area contributed by atoms with E-state index in [1.807, 2.05) is 0 Å². The number of fused-ring (bicyclic) bond motifs is 1. The first kappa shape index (κ1) is 10.5. The molecule has 0 saturated heterocycles. The standard InChI is InChI=1S/C11H13N5S/c12-10-14-9(15-11(13)16-10)7-2-1-3-8-6(7)4-5-17-8/h4-5,7H,1-3H2,(H4,12,13,14,15,16). The van der Waals surface area contributed by atoms with E-state index in [1.165, 1.54) is 10.4 Å². The van der Waals surface area contributed by atoms with Crippen molar-refractivity contribution in [3.05, 3.63) is 27.7 Å². The van der Waals surface area contributed by atoms with Gasteiger partial charge in [-0.3, -0.25) is 0 Å². The molecule has 0 spiro atoms. The number of hydrogen-bond acceptors (Lipinski definition) is 6. The van der Waals surface area contributed by atoms with Crippen molar-refractivity contribution in [1.82, 2.24) is 15.0 Å². The topological polar surface area (TPSA) is 90.7 Å². The number of nitrogens with zero attached hydrogens (tertiary/aromatic N) is 3. The molecule has 0 amide bonds. The van der Waals surface area contributed by atoms with Crippen LogP contribution in [0.5, 0.6) is 0 Å². The number of aryl methyl sites for hydroxylation is 1. The third-order valence-corrected chi connectivity index (χ3v) is 4.05. The van der Waals surface area contributed by atoms with Crippen molar-refractivity contribution in [2.45, 2.75) is 25.2 Å². The quantitative estimate of drug-likeness (QED) is 0.798. The summed E-state index contributed by atoms with van der Waals surface area (Å²) < 4.78 is 0. The van der Waals surface area contributed by atoms with Crippen molar-refractivity contribution in [2.75, 3.05) is 11.5 Å². The van der Waals surface area contributed by atoms with Crippen LogP contribution in [0, 0.1) is 0 Å². The Morgan fingerprint density at radius 1 is 1.18 bits per heavy atom. The van der Waals surface area contributed by atoms with Crippen LogP contribution >= 0.6 is 11.3 Å². The molecule has 0 aliphatic heterocycles. The molecular formula is C11H13N5S. The van der Waals surface area contributed by atoms with Crippen molar-refractivity contribution in [2.24, 2.45) is 0 Å². The number of nitrogens with two attached hydrogens (primary N) is 2. The summed E-state index contributed by atoms with van der Waals surface area (Å²) in [5, 5.41) is 2.12. The molecule has 0 fully saturated rings. The van der Waals surface area contributed by atoms with Gasteiger partial charge in [-0.15, -0.1) is 11.3 Å². The molecule has 1 aliphatic carbocycles. The van der Waals surface area contributed by atoms with Gasteiger partial charge in [0.25, 0.3) is 0 Å². The molecule has 0 aromatic carbocycles. The number of aromatic nitrogens is 3. The number of hydrogen-bond donors (Lipinski definition) is 2. The van der Waals surface area contributed by atoms with Crippen LogP contribution in [0.1, 0.15) is 35.0 Å². The Labute approximate surface area is 103 Å². The average molecular weight is 247 g/mol. The molecular weight excluding hydrogens is 234 g/mol. The SMILES string of the molecule is Nc1nc(N)nc(C2CCCc3sccc32)n1. The Morgan fingerprint density at radius 3 is 2.71 bits per heavy atom. The summed E-state index contributed by atoms with van der Waals surface area (Å²) in [7, 11) is 0. The van der Waals surface area contributed by atoms with Crippen LogP contribution < -0.4 is 11.5 Å². The molecule has 0 radical (unpaired) electrons. The van der Waals surface area contributed by atoms with Crippen LogP contribution in [0.2, 0.25) is 0 Å². The molecule has 0 bridgehead atoms. The number of rotatable bonds is 1. The number of thiophene rings is 1. The van der Waals surface area contributed by atoms with Crippen LogP contribution in [-0.2, 0) is 6.42 Å². The Hall–Kier alpha value is -1.69. The third kappa shape index (κ3) is 1.84. The van der Waals surface area contributed by atoms with Gasteiger partial charge in [-0.25, -0.2) is 0 Å². The van der Waals surface area contributed by atoms with E-state index in [-0.39, 0.29) is 17.8 Å². The molecule has 88 valence electrons. The van der Waals surface area contributed by atoms with Gasteiger partial charge in [0.2, 0.25) is 11.9 Å². The molecule has 3 rings (SSSR count). The second-order valence-electron chi connectivity index (χ2n) is 4.15. The van der Waals surface area contributed by atoms with E-state index in [0.717, 1.165) is 19.3 Å². The second kappa shape index (κ2) is 3.96. The van der Waals surface area contributed by atoms with Crippen molar-refractivity contribution < 1.29 is 0 Å². The first-order valence-corrected chi connectivity index (χ1v) is 6.45. The summed E-state index contributed by atoms with van der Waals surface area (Å²) in [6.45, 7) is 0. The molecule has 0 saturated carbocycles. The molecule has 2 aromatic rings. The largest absolute Gasteiger partial charge is 0.368 e. The molecule has 2 heterocycles. The van der Waals surface area contributed by atoms with E-state index in [2.05, 4.69) is 26.4 Å². The van der Waals surface area contributed by atoms with Crippen LogP contribution in [0.4, 0.5) is 11.9 Å². The fourth-order valence-corrected chi connectivity index (χ4v) is 3.33. The summed E-state index contributed by atoms with van der Waals surface area (Å²) in [6, 6.07) is 2.15. The van der Waals surface area contributed by atoms with E-state index in [1.54, 1.807) is 11.3 Å². The van der Waals surface area contributed by atoms with Crippen molar-refractivity contribution in [1.29, 1.82) is 0 Å². The maximum absolute atomic E-state index is 5.62. The van der Waals surface area contributed by atoms with Gasteiger partial charge in [-0.05, 0) is 36.3 Å². The highest BCUT2D eigenvalue weighted by molar-refractivity contribution is 7.10. The van der Waals surface area contributed by atoms with Crippen LogP contribution in [0.3, 0.4) is 0 Å². The Kier molecular flexibility index (Phi) is 2.44. The normalized spacial score (nSPS) is 18.9. The summed E-state index contributed by atoms with van der Waals surface area (Å²) in [6.07, 6.45) is 3.36. The monoisotopic (exact) mass is 247 g/mol. The Balaban J connectivity index is 2.06. The Bertz CT molecular complexity index is 530. The lowest BCUT2D eigenvalue weighted by Gasteiger charge is -2.21. The van der Waals surface area contributed by atoms with Crippen molar-refractivity contribution in [3.63, 3.8) is 0 Å². The van der Waals surface area contributed by atoms with Crippen LogP contribution in [0.15, 0.2) is 11.4 Å². The van der Waals surface area contributed by atoms with Crippen LogP contribution in [0.25, 0.3) is 0 Å². The lowest BCUT2D eigenvalue weighted by atomic mass is 9.87. The maximum atomic E-state index is 5.62. The molecule has 1 aliphatic rings. The third-order valence-electron chi connectivity index (χ3n) is 3.05. The smallest absolute Gasteiger partial charge is 0.225 e. The molecule has 1 atom stereocenters. The minimum absolute atomic E-state index is 0.204. The summed E-state index contributed by atoms with van der Waals surface area (Å²) >= 11 is 1.80. The van der Waals surface area contributed by atoms with Gasteiger partial charge < -0.3 is 11.5 Å². The van der Waals surface area contributed by atoms with Gasteiger partial charge >= 0.3 is 0 Å². The zero-order valence-corrected chi connectivity index (χ0v) is 10.1. The highest BCUT2D eigenvalue weighted by Crippen LogP contribution is 2.37. The second-order valence-corrected chi connectivity index (χ2v) is 5.15. The predicted molar refractivity (Wildman–Crippen MR) is 67.8 cm³/mol. The van der Waals surface area contributed by atoms with Gasteiger partial charge in [0, 0.05) is 10.8 Å². The minimum atomic E-state index is 0.204. The summed E-state index contributed by atoms with van der Waals surface area (Å²) in [5.41, 5.74) is 12.6. The van der Waals surface area contributed by atoms with Crippen molar-refractivity contribution in [3.8, 4) is 0 Å². The Morgan fingerprint density at radius 2 is 1.94 bits per heavy atom. The lowest BCUT2D eigenvalue weighted by Crippen LogP contribution is -2.15.